The summed E-state index contributed by atoms with van der Waals surface area (Å²) in [5, 5.41) is 9.40. The summed E-state index contributed by atoms with van der Waals surface area (Å²) in [6.07, 6.45) is 6.47. The van der Waals surface area contributed by atoms with Crippen molar-refractivity contribution in [3.63, 3.8) is 0 Å². The molecule has 60 valence electrons. The minimum atomic E-state index is -0.241. The summed E-state index contributed by atoms with van der Waals surface area (Å²) < 4.78 is 0. The van der Waals surface area contributed by atoms with Crippen LogP contribution in [0.4, 0.5) is 0 Å². The molecule has 1 rings (SSSR count). The lowest BCUT2D eigenvalue weighted by Gasteiger charge is -2.05. The van der Waals surface area contributed by atoms with E-state index >= 15 is 0 Å². The highest BCUT2D eigenvalue weighted by molar-refractivity contribution is 4.92. The van der Waals surface area contributed by atoms with Gasteiger partial charge in [-0.2, -0.15) is 0 Å². The van der Waals surface area contributed by atoms with E-state index in [1.165, 1.54) is 6.42 Å². The Morgan fingerprint density at radius 1 is 1.20 bits per heavy atom. The normalized spacial score (nSPS) is 21.0. The second kappa shape index (κ2) is 3.35. The van der Waals surface area contributed by atoms with Crippen molar-refractivity contribution >= 4 is 0 Å². The van der Waals surface area contributed by atoms with Crippen molar-refractivity contribution in [3.05, 3.63) is 0 Å². The van der Waals surface area contributed by atoms with Crippen LogP contribution in [-0.4, -0.2) is 17.3 Å². The number of hydrogen-bond donors (Lipinski definition) is 2. The van der Waals surface area contributed by atoms with Crippen LogP contribution >= 0.6 is 0 Å². The Kier molecular flexibility index (Phi) is 2.69. The molecule has 1 aliphatic rings. The molecule has 0 bridgehead atoms. The molecule has 0 atom stereocenters. The van der Waals surface area contributed by atoms with Crippen molar-refractivity contribution in [2.24, 2.45) is 5.73 Å². The maximum absolute atomic E-state index is 9.40. The third kappa shape index (κ3) is 2.67. The highest BCUT2D eigenvalue weighted by atomic mass is 16.3. The predicted molar refractivity (Wildman–Crippen MR) is 41.7 cm³/mol. The van der Waals surface area contributed by atoms with Gasteiger partial charge in [0.15, 0.2) is 0 Å². The lowest BCUT2D eigenvalue weighted by molar-refractivity contribution is 0.136. The van der Waals surface area contributed by atoms with Gasteiger partial charge < -0.3 is 10.8 Å². The van der Waals surface area contributed by atoms with Gasteiger partial charge in [-0.05, 0) is 32.2 Å². The zero-order chi connectivity index (χ0) is 7.45. The number of unbranched alkanes of at least 4 members (excludes halogenated alkanes) is 2. The fourth-order valence-electron chi connectivity index (χ4n) is 1.17. The quantitative estimate of drug-likeness (QED) is 0.565. The number of aliphatic hydroxyl groups is 1. The molecule has 0 radical (unpaired) electrons. The van der Waals surface area contributed by atoms with Crippen LogP contribution < -0.4 is 5.73 Å². The first-order valence-electron chi connectivity index (χ1n) is 4.19. The van der Waals surface area contributed by atoms with Crippen LogP contribution in [0.5, 0.6) is 0 Å². The van der Waals surface area contributed by atoms with Gasteiger partial charge in [0.25, 0.3) is 0 Å². The fourth-order valence-corrected chi connectivity index (χ4v) is 1.17. The largest absolute Gasteiger partial charge is 0.390 e. The molecule has 0 aromatic carbocycles. The number of rotatable bonds is 5. The van der Waals surface area contributed by atoms with Crippen molar-refractivity contribution in [2.75, 3.05) is 6.54 Å². The smallest absolute Gasteiger partial charge is 0.0650 e. The van der Waals surface area contributed by atoms with E-state index in [2.05, 4.69) is 0 Å². The molecule has 1 aliphatic carbocycles. The third-order valence-corrected chi connectivity index (χ3v) is 2.17. The second-order valence-corrected chi connectivity index (χ2v) is 3.32. The van der Waals surface area contributed by atoms with E-state index in [1.54, 1.807) is 0 Å². The average molecular weight is 143 g/mol. The van der Waals surface area contributed by atoms with Crippen molar-refractivity contribution < 1.29 is 5.11 Å². The summed E-state index contributed by atoms with van der Waals surface area (Å²) in [7, 11) is 0. The summed E-state index contributed by atoms with van der Waals surface area (Å²) in [5.74, 6) is 0. The molecule has 1 saturated carbocycles. The first-order chi connectivity index (χ1) is 4.77. The third-order valence-electron chi connectivity index (χ3n) is 2.17. The highest BCUT2D eigenvalue weighted by Gasteiger charge is 2.38. The Hall–Kier alpha value is -0.0800. The van der Waals surface area contributed by atoms with Gasteiger partial charge in [-0.15, -0.1) is 0 Å². The van der Waals surface area contributed by atoms with Gasteiger partial charge in [0.2, 0.25) is 0 Å². The zero-order valence-electron chi connectivity index (χ0n) is 6.47. The Balaban J connectivity index is 1.86. The van der Waals surface area contributed by atoms with Crippen LogP contribution in [0.3, 0.4) is 0 Å². The molecule has 1 fully saturated rings. The van der Waals surface area contributed by atoms with E-state index in [0.29, 0.717) is 0 Å². The maximum Gasteiger partial charge on any atom is 0.0650 e. The molecule has 0 unspecified atom stereocenters. The lowest BCUT2D eigenvalue weighted by atomic mass is 10.1. The van der Waals surface area contributed by atoms with E-state index in [9.17, 15) is 5.11 Å². The van der Waals surface area contributed by atoms with Crippen LogP contribution in [0, 0.1) is 0 Å². The summed E-state index contributed by atoms with van der Waals surface area (Å²) >= 11 is 0. The van der Waals surface area contributed by atoms with Crippen LogP contribution in [0.1, 0.15) is 38.5 Å². The molecule has 0 heterocycles. The van der Waals surface area contributed by atoms with Gasteiger partial charge in [-0.25, -0.2) is 0 Å². The van der Waals surface area contributed by atoms with Crippen LogP contribution in [0.15, 0.2) is 0 Å². The molecule has 0 aromatic heterocycles. The number of hydrogen-bond acceptors (Lipinski definition) is 2. The van der Waals surface area contributed by atoms with E-state index in [-0.39, 0.29) is 5.60 Å². The fraction of sp³-hybridized carbons (Fsp3) is 1.00. The Morgan fingerprint density at radius 2 is 1.90 bits per heavy atom. The zero-order valence-corrected chi connectivity index (χ0v) is 6.47. The summed E-state index contributed by atoms with van der Waals surface area (Å²) in [5.41, 5.74) is 5.09. The summed E-state index contributed by atoms with van der Waals surface area (Å²) in [4.78, 5) is 0. The van der Waals surface area contributed by atoms with Gasteiger partial charge in [0, 0.05) is 0 Å². The molecule has 10 heavy (non-hydrogen) atoms. The summed E-state index contributed by atoms with van der Waals surface area (Å²) in [6.45, 7) is 0.790. The van der Waals surface area contributed by atoms with Crippen molar-refractivity contribution in [1.29, 1.82) is 0 Å². The Bertz CT molecular complexity index is 99.4. The molecule has 2 nitrogen and oxygen atoms in total. The minimum absolute atomic E-state index is 0.241. The van der Waals surface area contributed by atoms with Crippen molar-refractivity contribution in [2.45, 2.75) is 44.1 Å². The molecule has 3 N–H and O–H groups in total. The van der Waals surface area contributed by atoms with Crippen LogP contribution in [0.25, 0.3) is 0 Å². The van der Waals surface area contributed by atoms with Gasteiger partial charge in [-0.1, -0.05) is 12.8 Å². The van der Waals surface area contributed by atoms with Gasteiger partial charge in [0.05, 0.1) is 5.60 Å². The molecule has 0 aliphatic heterocycles. The molecule has 0 amide bonds. The topological polar surface area (TPSA) is 46.2 Å². The Labute approximate surface area is 62.4 Å². The number of nitrogens with two attached hydrogens (primary N) is 1. The van der Waals surface area contributed by atoms with E-state index in [4.69, 9.17) is 5.73 Å². The monoisotopic (exact) mass is 143 g/mol. The molecular formula is C8H17NO. The first kappa shape index (κ1) is 8.02. The van der Waals surface area contributed by atoms with E-state index in [1.807, 2.05) is 0 Å². The van der Waals surface area contributed by atoms with Gasteiger partial charge in [-0.3, -0.25) is 0 Å². The first-order valence-corrected chi connectivity index (χ1v) is 4.19. The van der Waals surface area contributed by atoms with E-state index < -0.39 is 0 Å². The predicted octanol–water partition coefficient (Wildman–Crippen LogP) is 1.03. The Morgan fingerprint density at radius 3 is 2.40 bits per heavy atom. The van der Waals surface area contributed by atoms with Crippen LogP contribution in [-0.2, 0) is 0 Å². The molecule has 0 saturated heterocycles. The maximum atomic E-state index is 9.40. The summed E-state index contributed by atoms with van der Waals surface area (Å²) in [6, 6.07) is 0. The van der Waals surface area contributed by atoms with Crippen molar-refractivity contribution in [3.8, 4) is 0 Å². The van der Waals surface area contributed by atoms with Crippen molar-refractivity contribution in [1.82, 2.24) is 0 Å². The standard InChI is InChI=1S/C8H17NO/c9-7-3-1-2-4-8(10)5-6-8/h10H,1-7,9H2. The minimum Gasteiger partial charge on any atom is -0.390 e. The van der Waals surface area contributed by atoms with Gasteiger partial charge in [0.1, 0.15) is 0 Å². The molecule has 2 heteroatoms. The highest BCUT2D eigenvalue weighted by Crippen LogP contribution is 2.39. The average Bonchev–Trinajstić information content (AvgIpc) is 2.62. The van der Waals surface area contributed by atoms with E-state index in [0.717, 1.165) is 38.6 Å². The molecule has 0 spiro atoms. The second-order valence-electron chi connectivity index (χ2n) is 3.32. The van der Waals surface area contributed by atoms with Gasteiger partial charge >= 0.3 is 0 Å². The molecule has 0 aromatic rings. The lowest BCUT2D eigenvalue weighted by Crippen LogP contribution is -2.06. The SMILES string of the molecule is NCCCCCC1(O)CC1. The molecular weight excluding hydrogens is 126 g/mol. The van der Waals surface area contributed by atoms with Crippen LogP contribution in [0.2, 0.25) is 0 Å².